The summed E-state index contributed by atoms with van der Waals surface area (Å²) in [5.41, 5.74) is 3.63. The van der Waals surface area contributed by atoms with Crippen LogP contribution < -0.4 is 0 Å². The number of fused-ring (bicyclic) bond motifs is 3. The Morgan fingerprint density at radius 2 is 1.85 bits per heavy atom. The summed E-state index contributed by atoms with van der Waals surface area (Å²) in [6.45, 7) is 0.962. The highest BCUT2D eigenvalue weighted by molar-refractivity contribution is 6.21. The summed E-state index contributed by atoms with van der Waals surface area (Å²) in [5, 5.41) is 0. The minimum absolute atomic E-state index is 0.298. The summed E-state index contributed by atoms with van der Waals surface area (Å²) < 4.78 is 0. The van der Waals surface area contributed by atoms with Crippen molar-refractivity contribution in [2.24, 2.45) is 5.92 Å². The predicted octanol–water partition coefficient (Wildman–Crippen LogP) is 3.64. The Morgan fingerprint density at radius 1 is 1.00 bits per heavy atom. The van der Waals surface area contributed by atoms with E-state index in [0.29, 0.717) is 17.9 Å². The van der Waals surface area contributed by atoms with Gasteiger partial charge in [-0.2, -0.15) is 0 Å². The molecule has 1 aromatic carbocycles. The molecule has 20 heavy (non-hydrogen) atoms. The molecule has 2 aliphatic heterocycles. The quantitative estimate of drug-likeness (QED) is 0.761. The Kier molecular flexibility index (Phi) is 2.90. The molecule has 1 aliphatic carbocycles. The Balaban J connectivity index is 1.86. The van der Waals surface area contributed by atoms with Gasteiger partial charge in [0.25, 0.3) is 5.91 Å². The van der Waals surface area contributed by atoms with Crippen LogP contribution in [0.25, 0.3) is 5.57 Å². The fourth-order valence-corrected chi connectivity index (χ4v) is 4.43. The normalized spacial score (nSPS) is 29.4. The molecule has 0 N–H and O–H groups in total. The smallest absolute Gasteiger partial charge is 0.254 e. The second-order valence-corrected chi connectivity index (χ2v) is 6.33. The van der Waals surface area contributed by atoms with Gasteiger partial charge in [-0.15, -0.1) is 0 Å². The van der Waals surface area contributed by atoms with Crippen LogP contribution in [0.3, 0.4) is 0 Å². The largest absolute Gasteiger partial charge is 0.335 e. The maximum absolute atomic E-state index is 12.9. The number of nitrogens with zero attached hydrogens (tertiary/aromatic N) is 1. The molecule has 0 radical (unpaired) electrons. The zero-order valence-electron chi connectivity index (χ0n) is 11.8. The lowest BCUT2D eigenvalue weighted by atomic mass is 9.73. The molecule has 1 saturated carbocycles. The molecule has 3 aliphatic rings. The van der Waals surface area contributed by atoms with Gasteiger partial charge >= 0.3 is 0 Å². The molecule has 1 aromatic rings. The van der Waals surface area contributed by atoms with Crippen molar-refractivity contribution in [2.75, 3.05) is 6.54 Å². The van der Waals surface area contributed by atoms with Crippen LogP contribution in [0.5, 0.6) is 0 Å². The first-order chi connectivity index (χ1) is 9.86. The van der Waals surface area contributed by atoms with E-state index >= 15 is 0 Å². The van der Waals surface area contributed by atoms with Crippen LogP contribution in [0.1, 0.15) is 44.1 Å². The molecule has 2 heteroatoms. The van der Waals surface area contributed by atoms with E-state index in [1.165, 1.54) is 37.7 Å². The monoisotopic (exact) mass is 267 g/mol. The molecule has 0 spiro atoms. The SMILES string of the molecule is O=C1C(c2ccccc2)=C2CCCC[C@H]2[C@@H]2CCCN12. The van der Waals surface area contributed by atoms with Crippen LogP contribution in [0, 0.1) is 5.92 Å². The first-order valence-electron chi connectivity index (χ1n) is 7.95. The summed E-state index contributed by atoms with van der Waals surface area (Å²) in [6, 6.07) is 10.8. The second-order valence-electron chi connectivity index (χ2n) is 6.33. The van der Waals surface area contributed by atoms with Gasteiger partial charge in [-0.1, -0.05) is 42.3 Å². The van der Waals surface area contributed by atoms with Crippen molar-refractivity contribution in [2.45, 2.75) is 44.6 Å². The average Bonchev–Trinajstić information content (AvgIpc) is 2.99. The van der Waals surface area contributed by atoms with E-state index in [2.05, 4.69) is 17.0 Å². The molecular weight excluding hydrogens is 246 g/mol. The van der Waals surface area contributed by atoms with Gasteiger partial charge in [-0.25, -0.2) is 0 Å². The Morgan fingerprint density at radius 3 is 2.70 bits per heavy atom. The molecule has 2 atom stereocenters. The third-order valence-electron chi connectivity index (χ3n) is 5.28. The predicted molar refractivity (Wildman–Crippen MR) is 80.1 cm³/mol. The summed E-state index contributed by atoms with van der Waals surface area (Å²) in [4.78, 5) is 15.1. The fourth-order valence-electron chi connectivity index (χ4n) is 4.43. The van der Waals surface area contributed by atoms with Gasteiger partial charge in [0, 0.05) is 24.1 Å². The molecule has 4 rings (SSSR count). The third-order valence-corrected chi connectivity index (χ3v) is 5.28. The molecule has 104 valence electrons. The van der Waals surface area contributed by atoms with Gasteiger partial charge in [0.15, 0.2) is 0 Å². The number of amides is 1. The lowest BCUT2D eigenvalue weighted by molar-refractivity contribution is -0.127. The van der Waals surface area contributed by atoms with Crippen molar-refractivity contribution in [3.63, 3.8) is 0 Å². The molecule has 1 saturated heterocycles. The molecule has 2 fully saturated rings. The molecule has 0 unspecified atom stereocenters. The van der Waals surface area contributed by atoms with Crippen molar-refractivity contribution in [1.82, 2.24) is 4.90 Å². The topological polar surface area (TPSA) is 20.3 Å². The standard InChI is InChI=1S/C18H21NO/c20-18-17(13-7-2-1-3-8-13)15-10-5-4-9-14(15)16-11-6-12-19(16)18/h1-3,7-8,14,16H,4-6,9-12H2/t14-,16+/m1/s1. The summed E-state index contributed by atoms with van der Waals surface area (Å²) in [5.74, 6) is 0.936. The maximum atomic E-state index is 12.9. The highest BCUT2D eigenvalue weighted by Crippen LogP contribution is 2.46. The number of hydrogen-bond donors (Lipinski definition) is 0. The third kappa shape index (κ3) is 1.74. The Hall–Kier alpha value is -1.57. The van der Waals surface area contributed by atoms with Gasteiger partial charge in [0.05, 0.1) is 0 Å². The van der Waals surface area contributed by atoms with E-state index in [1.807, 2.05) is 18.2 Å². The molecule has 1 amide bonds. The van der Waals surface area contributed by atoms with Crippen molar-refractivity contribution in [3.8, 4) is 0 Å². The van der Waals surface area contributed by atoms with Gasteiger partial charge in [0.1, 0.15) is 0 Å². The van der Waals surface area contributed by atoms with Gasteiger partial charge in [-0.05, 0) is 37.7 Å². The van der Waals surface area contributed by atoms with Crippen molar-refractivity contribution in [3.05, 3.63) is 41.5 Å². The van der Waals surface area contributed by atoms with Crippen LogP contribution in [0.15, 0.2) is 35.9 Å². The van der Waals surface area contributed by atoms with Crippen LogP contribution in [-0.2, 0) is 4.79 Å². The van der Waals surface area contributed by atoms with E-state index in [9.17, 15) is 4.79 Å². The van der Waals surface area contributed by atoms with Crippen LogP contribution in [-0.4, -0.2) is 23.4 Å². The first-order valence-corrected chi connectivity index (χ1v) is 7.95. The molecule has 0 aromatic heterocycles. The summed E-state index contributed by atoms with van der Waals surface area (Å²) in [6.07, 6.45) is 7.38. The zero-order chi connectivity index (χ0) is 13.5. The average molecular weight is 267 g/mol. The van der Waals surface area contributed by atoms with E-state index in [-0.39, 0.29) is 0 Å². The highest BCUT2D eigenvalue weighted by atomic mass is 16.2. The van der Waals surface area contributed by atoms with E-state index in [0.717, 1.165) is 24.1 Å². The number of carbonyl (C=O) groups is 1. The molecule has 0 bridgehead atoms. The molecule has 2 heterocycles. The van der Waals surface area contributed by atoms with Crippen molar-refractivity contribution >= 4 is 11.5 Å². The minimum Gasteiger partial charge on any atom is -0.335 e. The van der Waals surface area contributed by atoms with Gasteiger partial charge in [-0.3, -0.25) is 4.79 Å². The Bertz CT molecular complexity index is 560. The minimum atomic E-state index is 0.298. The van der Waals surface area contributed by atoms with E-state index in [4.69, 9.17) is 0 Å². The van der Waals surface area contributed by atoms with Crippen LogP contribution >= 0.6 is 0 Å². The molecule has 2 nitrogen and oxygen atoms in total. The number of hydrogen-bond acceptors (Lipinski definition) is 1. The maximum Gasteiger partial charge on any atom is 0.254 e. The summed E-state index contributed by atoms with van der Waals surface area (Å²) in [7, 11) is 0. The highest BCUT2D eigenvalue weighted by Gasteiger charge is 2.44. The summed E-state index contributed by atoms with van der Waals surface area (Å²) >= 11 is 0. The molecular formula is C18H21NO. The second kappa shape index (κ2) is 4.76. The first kappa shape index (κ1) is 12.2. The zero-order valence-corrected chi connectivity index (χ0v) is 11.8. The van der Waals surface area contributed by atoms with Gasteiger partial charge < -0.3 is 4.90 Å². The van der Waals surface area contributed by atoms with Crippen LogP contribution in [0.4, 0.5) is 0 Å². The van der Waals surface area contributed by atoms with Crippen molar-refractivity contribution < 1.29 is 4.79 Å². The number of carbonyl (C=O) groups excluding carboxylic acids is 1. The van der Waals surface area contributed by atoms with Crippen LogP contribution in [0.2, 0.25) is 0 Å². The van der Waals surface area contributed by atoms with E-state index < -0.39 is 0 Å². The lowest BCUT2D eigenvalue weighted by Gasteiger charge is -2.42. The Labute approximate surface area is 120 Å². The number of benzene rings is 1. The van der Waals surface area contributed by atoms with E-state index in [1.54, 1.807) is 0 Å². The lowest BCUT2D eigenvalue weighted by Crippen LogP contribution is -2.46. The fraction of sp³-hybridized carbons (Fsp3) is 0.500. The van der Waals surface area contributed by atoms with Crippen molar-refractivity contribution in [1.29, 1.82) is 0 Å². The van der Waals surface area contributed by atoms with Gasteiger partial charge in [0.2, 0.25) is 0 Å². The number of rotatable bonds is 1.